The number of ether oxygens (including phenoxy) is 2. The van der Waals surface area contributed by atoms with Crippen molar-refractivity contribution in [3.05, 3.63) is 53.6 Å². The second-order valence-electron chi connectivity index (χ2n) is 4.34. The van der Waals surface area contributed by atoms with Crippen LogP contribution in [0.25, 0.3) is 0 Å². The molecule has 110 valence electrons. The number of nitrogens with two attached hydrogens (primary N) is 1. The van der Waals surface area contributed by atoms with Crippen molar-refractivity contribution in [2.75, 3.05) is 13.4 Å². The van der Waals surface area contributed by atoms with E-state index in [1.807, 2.05) is 48.7 Å². The summed E-state index contributed by atoms with van der Waals surface area (Å²) >= 11 is 6.74. The molecule has 2 aromatic rings. The molecule has 0 spiro atoms. The molecule has 0 aliphatic carbocycles. The summed E-state index contributed by atoms with van der Waals surface area (Å²) in [4.78, 5) is 1.37. The molecule has 0 heterocycles. The van der Waals surface area contributed by atoms with Crippen LogP contribution in [-0.4, -0.2) is 18.4 Å². The van der Waals surface area contributed by atoms with Gasteiger partial charge in [0.2, 0.25) is 0 Å². The second kappa shape index (κ2) is 7.33. The molecule has 0 aliphatic heterocycles. The van der Waals surface area contributed by atoms with Gasteiger partial charge in [-0.1, -0.05) is 30.4 Å². The number of methoxy groups -OCH3 is 1. The van der Waals surface area contributed by atoms with Crippen LogP contribution in [0, 0.1) is 0 Å². The van der Waals surface area contributed by atoms with Gasteiger partial charge in [0.1, 0.15) is 23.1 Å². The van der Waals surface area contributed by atoms with Crippen molar-refractivity contribution in [2.24, 2.45) is 5.73 Å². The van der Waals surface area contributed by atoms with Crippen molar-refractivity contribution >= 4 is 29.0 Å². The Hall–Kier alpha value is -1.72. The van der Waals surface area contributed by atoms with Crippen LogP contribution >= 0.6 is 24.0 Å². The first-order chi connectivity index (χ1) is 10.2. The Bertz CT molecular complexity index is 644. The van der Waals surface area contributed by atoms with Gasteiger partial charge in [-0.15, -0.1) is 11.8 Å². The predicted molar refractivity (Wildman–Crippen MR) is 91.4 cm³/mol. The minimum Gasteiger partial charge on any atom is -0.497 e. The molecule has 2 N–H and O–H groups in total. The normalized spacial score (nSPS) is 10.2. The Morgan fingerprint density at radius 2 is 2.00 bits per heavy atom. The maximum atomic E-state index is 5.89. The minimum absolute atomic E-state index is 0.348. The van der Waals surface area contributed by atoms with Crippen LogP contribution in [0.3, 0.4) is 0 Å². The Labute approximate surface area is 134 Å². The molecule has 0 saturated heterocycles. The second-order valence-corrected chi connectivity index (χ2v) is 5.63. The highest BCUT2D eigenvalue weighted by Gasteiger charge is 2.12. The Morgan fingerprint density at radius 1 is 1.24 bits per heavy atom. The molecule has 0 atom stereocenters. The maximum absolute atomic E-state index is 5.89. The van der Waals surface area contributed by atoms with Crippen molar-refractivity contribution in [2.45, 2.75) is 11.5 Å². The number of hydrogen-bond donors (Lipinski definition) is 1. The first-order valence-electron chi connectivity index (χ1n) is 6.38. The van der Waals surface area contributed by atoms with E-state index in [9.17, 15) is 0 Å². The van der Waals surface area contributed by atoms with E-state index in [-0.39, 0.29) is 0 Å². The quantitative estimate of drug-likeness (QED) is 0.650. The first kappa shape index (κ1) is 15.7. The average Bonchev–Trinajstić information content (AvgIpc) is 2.52. The topological polar surface area (TPSA) is 44.5 Å². The minimum atomic E-state index is 0.348. The lowest BCUT2D eigenvalue weighted by atomic mass is 10.2. The summed E-state index contributed by atoms with van der Waals surface area (Å²) in [5.74, 6) is 1.51. The highest BCUT2D eigenvalue weighted by atomic mass is 32.2. The zero-order chi connectivity index (χ0) is 15.2. The molecule has 21 heavy (non-hydrogen) atoms. The lowest BCUT2D eigenvalue weighted by Gasteiger charge is -2.14. The van der Waals surface area contributed by atoms with Crippen LogP contribution in [0.1, 0.15) is 11.1 Å². The Kier molecular flexibility index (Phi) is 5.47. The summed E-state index contributed by atoms with van der Waals surface area (Å²) in [5, 5.41) is 0. The van der Waals surface area contributed by atoms with Crippen molar-refractivity contribution in [3.8, 4) is 11.5 Å². The number of hydrogen-bond acceptors (Lipinski definition) is 4. The average molecular weight is 319 g/mol. The number of rotatable bonds is 6. The van der Waals surface area contributed by atoms with Crippen LogP contribution in [-0.2, 0) is 6.61 Å². The van der Waals surface area contributed by atoms with E-state index < -0.39 is 0 Å². The van der Waals surface area contributed by atoms with Gasteiger partial charge in [0.15, 0.2) is 0 Å². The third-order valence-electron chi connectivity index (χ3n) is 2.98. The maximum Gasteiger partial charge on any atom is 0.131 e. The highest BCUT2D eigenvalue weighted by Crippen LogP contribution is 2.29. The van der Waals surface area contributed by atoms with E-state index >= 15 is 0 Å². The summed E-state index contributed by atoms with van der Waals surface area (Å²) in [6.45, 7) is 0.435. The third kappa shape index (κ3) is 3.89. The van der Waals surface area contributed by atoms with E-state index in [0.29, 0.717) is 17.3 Å². The zero-order valence-electron chi connectivity index (χ0n) is 12.0. The van der Waals surface area contributed by atoms with E-state index in [1.54, 1.807) is 18.9 Å². The molecule has 0 saturated carbocycles. The molecule has 2 rings (SSSR count). The molecule has 0 fully saturated rings. The fraction of sp³-hybridized carbons (Fsp3) is 0.188. The van der Waals surface area contributed by atoms with Crippen LogP contribution in [0.5, 0.6) is 11.5 Å². The van der Waals surface area contributed by atoms with Crippen molar-refractivity contribution in [1.82, 2.24) is 0 Å². The van der Waals surface area contributed by atoms with E-state index in [2.05, 4.69) is 0 Å². The summed E-state index contributed by atoms with van der Waals surface area (Å²) in [6.07, 6.45) is 1.99. The molecule has 0 aromatic heterocycles. The van der Waals surface area contributed by atoms with Gasteiger partial charge in [0.25, 0.3) is 0 Å². The van der Waals surface area contributed by atoms with Crippen LogP contribution in [0.2, 0.25) is 0 Å². The highest BCUT2D eigenvalue weighted by molar-refractivity contribution is 7.98. The van der Waals surface area contributed by atoms with Gasteiger partial charge in [-0.05, 0) is 36.1 Å². The van der Waals surface area contributed by atoms with E-state index in [0.717, 1.165) is 21.8 Å². The lowest BCUT2D eigenvalue weighted by molar-refractivity contribution is 0.304. The fourth-order valence-electron chi connectivity index (χ4n) is 1.97. The lowest BCUT2D eigenvalue weighted by Crippen LogP contribution is -2.13. The largest absolute Gasteiger partial charge is 0.497 e. The zero-order valence-corrected chi connectivity index (χ0v) is 13.6. The fourth-order valence-corrected chi connectivity index (χ4v) is 2.87. The van der Waals surface area contributed by atoms with Crippen molar-refractivity contribution in [3.63, 3.8) is 0 Å². The Morgan fingerprint density at radius 3 is 2.67 bits per heavy atom. The van der Waals surface area contributed by atoms with E-state index in [1.165, 1.54) is 0 Å². The van der Waals surface area contributed by atoms with Gasteiger partial charge >= 0.3 is 0 Å². The van der Waals surface area contributed by atoms with Gasteiger partial charge in [-0.25, -0.2) is 0 Å². The van der Waals surface area contributed by atoms with Gasteiger partial charge in [-0.2, -0.15) is 0 Å². The van der Waals surface area contributed by atoms with Gasteiger partial charge in [0.05, 0.1) is 12.7 Å². The molecule has 5 heteroatoms. The van der Waals surface area contributed by atoms with Crippen LogP contribution < -0.4 is 15.2 Å². The molecule has 0 bridgehead atoms. The molecule has 0 aliphatic rings. The smallest absolute Gasteiger partial charge is 0.131 e. The number of benzene rings is 2. The molecular weight excluding hydrogens is 302 g/mol. The van der Waals surface area contributed by atoms with E-state index in [4.69, 9.17) is 27.4 Å². The van der Waals surface area contributed by atoms with Crippen molar-refractivity contribution < 1.29 is 9.47 Å². The summed E-state index contributed by atoms with van der Waals surface area (Å²) in [6, 6.07) is 13.6. The standard InChI is InChI=1S/C16H17NO2S2/c1-18-12-6-3-5-11(9-12)10-19-13-7-4-8-14(21-2)15(13)16(17)20/h3-9H,10H2,1-2H3,(H2,17,20). The van der Waals surface area contributed by atoms with Gasteiger partial charge in [-0.3, -0.25) is 0 Å². The summed E-state index contributed by atoms with van der Waals surface area (Å²) < 4.78 is 11.1. The molecule has 3 nitrogen and oxygen atoms in total. The number of thioether (sulfide) groups is 1. The molecule has 0 radical (unpaired) electrons. The molecule has 2 aromatic carbocycles. The Balaban J connectivity index is 2.21. The molecule has 0 amide bonds. The third-order valence-corrected chi connectivity index (χ3v) is 3.97. The molecular formula is C16H17NO2S2. The van der Waals surface area contributed by atoms with Crippen LogP contribution in [0.15, 0.2) is 47.4 Å². The monoisotopic (exact) mass is 319 g/mol. The summed E-state index contributed by atoms with van der Waals surface area (Å²) in [5.41, 5.74) is 7.64. The van der Waals surface area contributed by atoms with Crippen LogP contribution in [0.4, 0.5) is 0 Å². The predicted octanol–water partition coefficient (Wildman–Crippen LogP) is 3.63. The SMILES string of the molecule is COc1cccc(COc2cccc(SC)c2C(N)=S)c1. The first-order valence-corrected chi connectivity index (χ1v) is 8.01. The number of thiocarbonyl (C=S) groups is 1. The van der Waals surface area contributed by atoms with Gasteiger partial charge < -0.3 is 15.2 Å². The molecule has 0 unspecified atom stereocenters. The summed E-state index contributed by atoms with van der Waals surface area (Å²) in [7, 11) is 1.65. The van der Waals surface area contributed by atoms with Gasteiger partial charge in [0, 0.05) is 4.90 Å². The van der Waals surface area contributed by atoms with Crippen molar-refractivity contribution in [1.29, 1.82) is 0 Å².